The number of carbonyl (C=O) groups excluding carboxylic acids is 2. The van der Waals surface area contributed by atoms with Crippen LogP contribution >= 0.6 is 0 Å². The molecule has 2 aromatic rings. The molecule has 0 heterocycles. The molecule has 0 aliphatic rings. The van der Waals surface area contributed by atoms with Crippen LogP contribution in [0.25, 0.3) is 0 Å². The summed E-state index contributed by atoms with van der Waals surface area (Å²) in [6, 6.07) is 4.63. The first kappa shape index (κ1) is 24.2. The first-order valence-corrected chi connectivity index (χ1v) is 8.98. The molecule has 0 fully saturated rings. The molecule has 0 saturated carbocycles. The van der Waals surface area contributed by atoms with E-state index in [1.807, 2.05) is 0 Å². The summed E-state index contributed by atoms with van der Waals surface area (Å²) in [5, 5.41) is 3.99. The van der Waals surface area contributed by atoms with Crippen molar-refractivity contribution in [2.75, 3.05) is 5.32 Å². The van der Waals surface area contributed by atoms with E-state index < -0.39 is 52.8 Å². The van der Waals surface area contributed by atoms with E-state index in [2.05, 4.69) is 5.32 Å². The third-order valence-electron chi connectivity index (χ3n) is 4.24. The Morgan fingerprint density at radius 2 is 1.61 bits per heavy atom. The summed E-state index contributed by atoms with van der Waals surface area (Å²) < 4.78 is 91.1. The van der Waals surface area contributed by atoms with E-state index in [-0.39, 0.29) is 18.1 Å². The summed E-state index contributed by atoms with van der Waals surface area (Å²) in [7, 11) is 0. The fourth-order valence-electron chi connectivity index (χ4n) is 2.81. The van der Waals surface area contributed by atoms with Crippen molar-refractivity contribution in [3.05, 3.63) is 65.0 Å². The van der Waals surface area contributed by atoms with Crippen molar-refractivity contribution in [2.24, 2.45) is 0 Å². The highest BCUT2D eigenvalue weighted by Gasteiger charge is 2.35. The Morgan fingerprint density at radius 3 is 2.19 bits per heavy atom. The molecular weight excluding hydrogens is 433 g/mol. The number of hydrogen-bond acceptors (Lipinski definition) is 2. The number of hydrogen-bond donors (Lipinski definition) is 2. The predicted molar refractivity (Wildman–Crippen MR) is 97.3 cm³/mol. The van der Waals surface area contributed by atoms with Gasteiger partial charge in [0, 0.05) is 0 Å². The Labute approximate surface area is 172 Å². The largest absolute Gasteiger partial charge is 0.418 e. The molecule has 168 valence electrons. The number of alkyl halides is 6. The minimum atomic E-state index is -5.00. The van der Waals surface area contributed by atoms with Gasteiger partial charge in [-0.2, -0.15) is 26.3 Å². The van der Waals surface area contributed by atoms with Crippen LogP contribution in [0.4, 0.5) is 36.4 Å². The van der Waals surface area contributed by atoms with Crippen LogP contribution in [-0.4, -0.2) is 11.8 Å². The van der Waals surface area contributed by atoms with Crippen molar-refractivity contribution >= 4 is 17.5 Å². The van der Waals surface area contributed by atoms with Crippen LogP contribution in [0.2, 0.25) is 0 Å². The topological polar surface area (TPSA) is 58.2 Å². The predicted octanol–water partition coefficient (Wildman–Crippen LogP) is 5.46. The van der Waals surface area contributed by atoms with E-state index >= 15 is 0 Å². The second-order valence-corrected chi connectivity index (χ2v) is 6.58. The standard InChI is InChI=1S/C20H17F7N2O2/c1-2-4-15(11-5-3-6-12(9-11)19(22,23)24)28-17(30)18(31)29-16-8-7-13(21)10-14(16)20(25,26)27/h3,5-10,15H,2,4H2,1H3,(H,28,30)(H,29,31). The zero-order chi connectivity index (χ0) is 23.4. The molecule has 0 radical (unpaired) electrons. The number of nitrogens with one attached hydrogen (secondary N) is 2. The van der Waals surface area contributed by atoms with Gasteiger partial charge in [-0.25, -0.2) is 4.39 Å². The molecular formula is C20H17F7N2O2. The Balaban J connectivity index is 2.22. The second kappa shape index (κ2) is 9.36. The van der Waals surface area contributed by atoms with Crippen LogP contribution in [0.1, 0.15) is 42.5 Å². The Hall–Kier alpha value is -3.11. The molecule has 0 spiro atoms. The lowest BCUT2D eigenvalue weighted by molar-refractivity contribution is -0.139. The van der Waals surface area contributed by atoms with E-state index in [4.69, 9.17) is 0 Å². The van der Waals surface area contributed by atoms with Gasteiger partial charge >= 0.3 is 24.2 Å². The normalized spacial score (nSPS) is 12.9. The molecule has 0 aliphatic heterocycles. The average Bonchev–Trinajstić information content (AvgIpc) is 2.67. The minimum Gasteiger partial charge on any atom is -0.341 e. The van der Waals surface area contributed by atoms with Gasteiger partial charge < -0.3 is 10.6 Å². The van der Waals surface area contributed by atoms with Crippen LogP contribution in [0, 0.1) is 5.82 Å². The molecule has 31 heavy (non-hydrogen) atoms. The van der Waals surface area contributed by atoms with Crippen molar-refractivity contribution in [1.82, 2.24) is 5.32 Å². The molecule has 2 aromatic carbocycles. The van der Waals surface area contributed by atoms with E-state index in [1.54, 1.807) is 12.2 Å². The molecule has 0 aromatic heterocycles. The zero-order valence-corrected chi connectivity index (χ0v) is 16.0. The van der Waals surface area contributed by atoms with Crippen LogP contribution in [0.15, 0.2) is 42.5 Å². The summed E-state index contributed by atoms with van der Waals surface area (Å²) in [6.45, 7) is 1.70. The maximum atomic E-state index is 13.2. The van der Waals surface area contributed by atoms with Gasteiger partial charge in [0.2, 0.25) is 0 Å². The quantitative estimate of drug-likeness (QED) is 0.470. The van der Waals surface area contributed by atoms with E-state index in [1.165, 1.54) is 6.07 Å². The molecule has 0 saturated heterocycles. The maximum absolute atomic E-state index is 13.2. The Morgan fingerprint density at radius 1 is 0.935 bits per heavy atom. The van der Waals surface area contributed by atoms with Crippen molar-refractivity contribution in [3.8, 4) is 0 Å². The molecule has 1 atom stereocenters. The van der Waals surface area contributed by atoms with Gasteiger partial charge in [0.05, 0.1) is 22.9 Å². The lowest BCUT2D eigenvalue weighted by Gasteiger charge is -2.20. The summed E-state index contributed by atoms with van der Waals surface area (Å²) in [4.78, 5) is 24.3. The lowest BCUT2D eigenvalue weighted by Crippen LogP contribution is -2.38. The van der Waals surface area contributed by atoms with Gasteiger partial charge in [0.25, 0.3) is 0 Å². The lowest BCUT2D eigenvalue weighted by atomic mass is 10.00. The molecule has 2 amide bonds. The smallest absolute Gasteiger partial charge is 0.341 e. The van der Waals surface area contributed by atoms with Crippen molar-refractivity contribution < 1.29 is 40.3 Å². The highest BCUT2D eigenvalue weighted by Crippen LogP contribution is 2.35. The number of carbonyl (C=O) groups is 2. The van der Waals surface area contributed by atoms with Crippen molar-refractivity contribution in [2.45, 2.75) is 38.2 Å². The Kier molecular flexibility index (Phi) is 7.29. The molecule has 1 unspecified atom stereocenters. The Bertz CT molecular complexity index is 955. The minimum absolute atomic E-state index is 0.0792. The number of amides is 2. The average molecular weight is 450 g/mol. The van der Waals surface area contributed by atoms with Crippen molar-refractivity contribution in [3.63, 3.8) is 0 Å². The number of benzene rings is 2. The van der Waals surface area contributed by atoms with Gasteiger partial charge in [0.15, 0.2) is 0 Å². The molecule has 4 nitrogen and oxygen atoms in total. The van der Waals surface area contributed by atoms with E-state index in [0.717, 1.165) is 18.2 Å². The molecule has 2 N–H and O–H groups in total. The van der Waals surface area contributed by atoms with Crippen molar-refractivity contribution in [1.29, 1.82) is 0 Å². The van der Waals surface area contributed by atoms with Gasteiger partial charge in [0.1, 0.15) is 5.82 Å². The summed E-state index contributed by atoms with van der Waals surface area (Å²) in [6.07, 6.45) is -9.02. The van der Waals surface area contributed by atoms with Gasteiger partial charge in [-0.3, -0.25) is 9.59 Å². The third kappa shape index (κ3) is 6.43. The second-order valence-electron chi connectivity index (χ2n) is 6.58. The monoisotopic (exact) mass is 450 g/mol. The summed E-state index contributed by atoms with van der Waals surface area (Å²) in [5.41, 5.74) is -3.20. The SMILES string of the molecule is CCCC(NC(=O)C(=O)Nc1ccc(F)cc1C(F)(F)F)c1cccc(C(F)(F)F)c1. The maximum Gasteiger partial charge on any atom is 0.418 e. The first-order chi connectivity index (χ1) is 14.3. The third-order valence-corrected chi connectivity index (χ3v) is 4.24. The molecule has 0 aliphatic carbocycles. The van der Waals surface area contributed by atoms with E-state index in [9.17, 15) is 40.3 Å². The van der Waals surface area contributed by atoms with E-state index in [0.29, 0.717) is 18.6 Å². The zero-order valence-electron chi connectivity index (χ0n) is 16.0. The fourth-order valence-corrected chi connectivity index (χ4v) is 2.81. The molecule has 0 bridgehead atoms. The summed E-state index contributed by atoms with van der Waals surface area (Å²) >= 11 is 0. The van der Waals surface area contributed by atoms with Crippen LogP contribution in [-0.2, 0) is 21.9 Å². The van der Waals surface area contributed by atoms with Crippen LogP contribution in [0.5, 0.6) is 0 Å². The summed E-state index contributed by atoms with van der Waals surface area (Å²) in [5.74, 6) is -4.03. The highest BCUT2D eigenvalue weighted by atomic mass is 19.4. The van der Waals surface area contributed by atoms with Gasteiger partial charge in [-0.05, 0) is 42.3 Å². The highest BCUT2D eigenvalue weighted by molar-refractivity contribution is 6.39. The van der Waals surface area contributed by atoms with Gasteiger partial charge in [-0.1, -0.05) is 25.5 Å². The molecule has 2 rings (SSSR count). The first-order valence-electron chi connectivity index (χ1n) is 8.98. The van der Waals surface area contributed by atoms with Crippen LogP contribution < -0.4 is 10.6 Å². The fraction of sp³-hybridized carbons (Fsp3) is 0.300. The van der Waals surface area contributed by atoms with Crippen LogP contribution in [0.3, 0.4) is 0 Å². The molecule has 11 heteroatoms. The number of anilines is 1. The van der Waals surface area contributed by atoms with Gasteiger partial charge in [-0.15, -0.1) is 0 Å². The number of rotatable bonds is 5. The number of halogens is 7.